The van der Waals surface area contributed by atoms with Gasteiger partial charge in [0.2, 0.25) is 0 Å². The summed E-state index contributed by atoms with van der Waals surface area (Å²) in [6, 6.07) is 21.6. The van der Waals surface area contributed by atoms with Crippen molar-refractivity contribution in [2.75, 3.05) is 7.11 Å². The molecule has 0 atom stereocenters. The van der Waals surface area contributed by atoms with Gasteiger partial charge in [-0.05, 0) is 71.3 Å². The fourth-order valence-electron chi connectivity index (χ4n) is 3.52. The van der Waals surface area contributed by atoms with Crippen molar-refractivity contribution in [1.82, 2.24) is 10.2 Å². The molecule has 4 rings (SSSR count). The number of carbonyl (C=O) groups excluding carboxylic acids is 2. The predicted molar refractivity (Wildman–Crippen MR) is 121 cm³/mol. The number of fused-ring (bicyclic) bond motifs is 1. The third kappa shape index (κ3) is 4.68. The molecule has 1 aliphatic heterocycles. The number of ether oxygens (including phenoxy) is 1. The second-order valence-electron chi connectivity index (χ2n) is 7.45. The molecule has 1 N–H and O–H groups in total. The molecule has 0 bridgehead atoms. The molecular weight excluding hydrogens is 402 g/mol. The summed E-state index contributed by atoms with van der Waals surface area (Å²) in [5.41, 5.74) is 4.59. The van der Waals surface area contributed by atoms with Crippen molar-refractivity contribution >= 4 is 17.9 Å². The zero-order valence-corrected chi connectivity index (χ0v) is 17.5. The number of hydrogen-bond donors (Lipinski definition) is 1. The van der Waals surface area contributed by atoms with E-state index in [1.807, 2.05) is 36.5 Å². The molecule has 0 saturated carbocycles. The first kappa shape index (κ1) is 20.9. The number of nitriles is 1. The third-order valence-corrected chi connectivity index (χ3v) is 5.29. The van der Waals surface area contributed by atoms with Crippen LogP contribution in [0.2, 0.25) is 0 Å². The van der Waals surface area contributed by atoms with E-state index in [0.717, 1.165) is 16.7 Å². The van der Waals surface area contributed by atoms with Crippen molar-refractivity contribution in [3.63, 3.8) is 0 Å². The Balaban J connectivity index is 1.43. The number of benzene rings is 3. The molecule has 0 aromatic heterocycles. The van der Waals surface area contributed by atoms with Gasteiger partial charge in [0, 0.05) is 30.4 Å². The number of nitrogens with zero attached hydrogens (tertiary/aromatic N) is 2. The minimum Gasteiger partial charge on any atom is -0.497 e. The van der Waals surface area contributed by atoms with Gasteiger partial charge in [-0.2, -0.15) is 5.26 Å². The fraction of sp³-hybridized carbons (Fsp3) is 0.115. The molecule has 32 heavy (non-hydrogen) atoms. The van der Waals surface area contributed by atoms with E-state index in [2.05, 4.69) is 16.3 Å². The van der Waals surface area contributed by atoms with E-state index in [1.165, 1.54) is 0 Å². The van der Waals surface area contributed by atoms with E-state index in [1.54, 1.807) is 49.6 Å². The van der Waals surface area contributed by atoms with Gasteiger partial charge in [0.15, 0.2) is 0 Å². The van der Waals surface area contributed by atoms with Crippen molar-refractivity contribution in [1.29, 1.82) is 5.26 Å². The SMILES string of the molecule is COc1ccc(C(=O)NC(=O)c2ccc3c(c2)CN(Cc2ccc(C#N)cc2)C=C3)cc1. The van der Waals surface area contributed by atoms with Crippen molar-refractivity contribution < 1.29 is 14.3 Å². The molecule has 0 spiro atoms. The highest BCUT2D eigenvalue weighted by Crippen LogP contribution is 2.23. The lowest BCUT2D eigenvalue weighted by atomic mass is 10.00. The molecule has 3 aromatic carbocycles. The highest BCUT2D eigenvalue weighted by atomic mass is 16.5. The lowest BCUT2D eigenvalue weighted by molar-refractivity contribution is 0.0849. The monoisotopic (exact) mass is 423 g/mol. The molecule has 6 nitrogen and oxygen atoms in total. The van der Waals surface area contributed by atoms with Gasteiger partial charge in [-0.15, -0.1) is 0 Å². The van der Waals surface area contributed by atoms with E-state index in [0.29, 0.717) is 35.5 Å². The van der Waals surface area contributed by atoms with Crippen molar-refractivity contribution in [2.24, 2.45) is 0 Å². The minimum absolute atomic E-state index is 0.383. The van der Waals surface area contributed by atoms with Crippen LogP contribution in [-0.4, -0.2) is 23.8 Å². The normalized spacial score (nSPS) is 11.9. The van der Waals surface area contributed by atoms with E-state index in [4.69, 9.17) is 10.00 Å². The maximum absolute atomic E-state index is 12.7. The van der Waals surface area contributed by atoms with Gasteiger partial charge in [-0.25, -0.2) is 0 Å². The summed E-state index contributed by atoms with van der Waals surface area (Å²) in [6.45, 7) is 1.33. The van der Waals surface area contributed by atoms with Crippen LogP contribution in [0.3, 0.4) is 0 Å². The largest absolute Gasteiger partial charge is 0.497 e. The Morgan fingerprint density at radius 1 is 1.00 bits per heavy atom. The van der Waals surface area contributed by atoms with Crippen LogP contribution in [0.15, 0.2) is 72.9 Å². The molecule has 2 amide bonds. The van der Waals surface area contributed by atoms with Gasteiger partial charge in [-0.3, -0.25) is 14.9 Å². The van der Waals surface area contributed by atoms with Crippen LogP contribution < -0.4 is 10.1 Å². The van der Waals surface area contributed by atoms with Gasteiger partial charge in [0.1, 0.15) is 5.75 Å². The first-order chi connectivity index (χ1) is 15.6. The number of rotatable bonds is 5. The van der Waals surface area contributed by atoms with Crippen molar-refractivity contribution in [3.8, 4) is 11.8 Å². The van der Waals surface area contributed by atoms with Crippen LogP contribution in [0.25, 0.3) is 6.08 Å². The molecule has 0 radical (unpaired) electrons. The van der Waals surface area contributed by atoms with Crippen LogP contribution in [0.5, 0.6) is 5.75 Å². The molecule has 158 valence electrons. The Hall–Kier alpha value is -4.37. The highest BCUT2D eigenvalue weighted by molar-refractivity contribution is 6.10. The van der Waals surface area contributed by atoms with Gasteiger partial charge < -0.3 is 9.64 Å². The first-order valence-electron chi connectivity index (χ1n) is 10.1. The zero-order chi connectivity index (χ0) is 22.5. The summed E-state index contributed by atoms with van der Waals surface area (Å²) < 4.78 is 5.09. The average molecular weight is 423 g/mol. The summed E-state index contributed by atoms with van der Waals surface area (Å²) >= 11 is 0. The molecule has 1 heterocycles. The maximum Gasteiger partial charge on any atom is 0.258 e. The summed E-state index contributed by atoms with van der Waals surface area (Å²) in [7, 11) is 1.55. The van der Waals surface area contributed by atoms with Crippen LogP contribution >= 0.6 is 0 Å². The van der Waals surface area contributed by atoms with Gasteiger partial charge in [0.05, 0.1) is 18.7 Å². The number of imide groups is 1. The summed E-state index contributed by atoms with van der Waals surface area (Å²) in [5, 5.41) is 11.4. The lowest BCUT2D eigenvalue weighted by Gasteiger charge is -2.26. The molecule has 0 saturated heterocycles. The van der Waals surface area contributed by atoms with Crippen LogP contribution in [0.4, 0.5) is 0 Å². The first-order valence-corrected chi connectivity index (χ1v) is 10.1. The summed E-state index contributed by atoms with van der Waals surface area (Å²) in [4.78, 5) is 27.2. The maximum atomic E-state index is 12.7. The van der Waals surface area contributed by atoms with Gasteiger partial charge >= 0.3 is 0 Å². The number of methoxy groups -OCH3 is 1. The van der Waals surface area contributed by atoms with Crippen molar-refractivity contribution in [3.05, 3.63) is 106 Å². The number of hydrogen-bond acceptors (Lipinski definition) is 5. The summed E-state index contributed by atoms with van der Waals surface area (Å²) in [6.07, 6.45) is 4.03. The van der Waals surface area contributed by atoms with Crippen LogP contribution in [-0.2, 0) is 13.1 Å². The smallest absolute Gasteiger partial charge is 0.258 e. The Morgan fingerprint density at radius 2 is 1.69 bits per heavy atom. The molecular formula is C26H21N3O3. The summed E-state index contributed by atoms with van der Waals surface area (Å²) in [5.74, 6) is -0.263. The van der Waals surface area contributed by atoms with Crippen LogP contribution in [0, 0.1) is 11.3 Å². The Labute approximate surface area is 186 Å². The van der Waals surface area contributed by atoms with Crippen molar-refractivity contribution in [2.45, 2.75) is 13.1 Å². The van der Waals surface area contributed by atoms with E-state index in [-0.39, 0.29) is 0 Å². The standard InChI is InChI=1S/C26H21N3O3/c1-32-24-10-8-21(9-11-24)25(30)28-26(31)22-7-6-20-12-13-29(17-23(20)14-22)16-19-4-2-18(15-27)3-5-19/h2-14H,16-17H2,1H3,(H,28,30,31). The van der Waals surface area contributed by atoms with E-state index >= 15 is 0 Å². The Morgan fingerprint density at radius 3 is 2.38 bits per heavy atom. The van der Waals surface area contributed by atoms with E-state index < -0.39 is 11.8 Å². The number of carbonyl (C=O) groups is 2. The molecule has 1 aliphatic rings. The van der Waals surface area contributed by atoms with Gasteiger partial charge in [0.25, 0.3) is 11.8 Å². The quantitative estimate of drug-likeness (QED) is 0.624. The van der Waals surface area contributed by atoms with Gasteiger partial charge in [-0.1, -0.05) is 18.2 Å². The number of nitrogens with one attached hydrogen (secondary N) is 1. The lowest BCUT2D eigenvalue weighted by Crippen LogP contribution is -2.30. The third-order valence-electron chi connectivity index (χ3n) is 5.29. The second-order valence-corrected chi connectivity index (χ2v) is 7.45. The topological polar surface area (TPSA) is 82.4 Å². The Kier molecular flexibility index (Phi) is 6.00. The molecule has 3 aromatic rings. The minimum atomic E-state index is -0.460. The molecule has 6 heteroatoms. The predicted octanol–water partition coefficient (Wildman–Crippen LogP) is 4.12. The van der Waals surface area contributed by atoms with E-state index in [9.17, 15) is 9.59 Å². The molecule has 0 fully saturated rings. The molecule has 0 unspecified atom stereocenters. The molecule has 0 aliphatic carbocycles. The van der Waals surface area contributed by atoms with Crippen LogP contribution in [0.1, 0.15) is 43.0 Å². The highest BCUT2D eigenvalue weighted by Gasteiger charge is 2.16. The second kappa shape index (κ2) is 9.19. The fourth-order valence-corrected chi connectivity index (χ4v) is 3.52. The zero-order valence-electron chi connectivity index (χ0n) is 17.5. The average Bonchev–Trinajstić information content (AvgIpc) is 2.84. The number of amides is 2. The Bertz CT molecular complexity index is 1220.